The number of nitrogens with two attached hydrogens (primary N) is 1. The van der Waals surface area contributed by atoms with Gasteiger partial charge in [0.15, 0.2) is 0 Å². The highest BCUT2D eigenvalue weighted by molar-refractivity contribution is 7.86. The van der Waals surface area contributed by atoms with Crippen LogP contribution in [-0.4, -0.2) is 63.0 Å². The molecular weight excluding hydrogens is 326 g/mol. The van der Waals surface area contributed by atoms with Crippen molar-refractivity contribution in [3.05, 3.63) is 35.9 Å². The van der Waals surface area contributed by atoms with Gasteiger partial charge in [0, 0.05) is 51.9 Å². The van der Waals surface area contributed by atoms with Gasteiger partial charge >= 0.3 is 0 Å². The number of benzene rings is 1. The predicted octanol–water partition coefficient (Wildman–Crippen LogP) is 1.02. The Bertz CT molecular complexity index is 630. The molecule has 0 aromatic heterocycles. The molecule has 0 unspecified atom stereocenters. The van der Waals surface area contributed by atoms with Gasteiger partial charge in [0.2, 0.25) is 0 Å². The van der Waals surface area contributed by atoms with E-state index in [9.17, 15) is 8.42 Å². The number of ether oxygens (including phenoxy) is 1. The molecule has 1 aromatic carbocycles. The minimum atomic E-state index is -3.43. The molecule has 24 heavy (non-hydrogen) atoms. The summed E-state index contributed by atoms with van der Waals surface area (Å²) in [5.74, 6) is 0.520. The lowest BCUT2D eigenvalue weighted by atomic mass is 9.95. The average molecular weight is 353 g/mol. The highest BCUT2D eigenvalue weighted by Gasteiger charge is 2.41. The van der Waals surface area contributed by atoms with Crippen LogP contribution < -0.4 is 5.73 Å². The molecule has 7 heteroatoms. The molecule has 2 atom stereocenters. The van der Waals surface area contributed by atoms with Crippen LogP contribution in [0.1, 0.15) is 24.3 Å². The van der Waals surface area contributed by atoms with E-state index in [0.717, 1.165) is 18.4 Å². The van der Waals surface area contributed by atoms with Crippen LogP contribution in [0.2, 0.25) is 0 Å². The fourth-order valence-electron chi connectivity index (χ4n) is 3.74. The highest BCUT2D eigenvalue weighted by atomic mass is 32.2. The van der Waals surface area contributed by atoms with E-state index in [1.54, 1.807) is 15.7 Å². The van der Waals surface area contributed by atoms with Crippen LogP contribution >= 0.6 is 0 Å². The van der Waals surface area contributed by atoms with Crippen LogP contribution in [-0.2, 0) is 14.9 Å². The Hall–Kier alpha value is -0.990. The Kier molecular flexibility index (Phi) is 5.56. The molecule has 0 saturated carbocycles. The lowest BCUT2D eigenvalue weighted by molar-refractivity contribution is 0.120. The van der Waals surface area contributed by atoms with Gasteiger partial charge in [0.05, 0.1) is 0 Å². The highest BCUT2D eigenvalue weighted by Crippen LogP contribution is 2.30. The molecule has 0 bridgehead atoms. The number of methoxy groups -OCH3 is 1. The third-order valence-electron chi connectivity index (χ3n) is 5.19. The van der Waals surface area contributed by atoms with Gasteiger partial charge in [-0.15, -0.1) is 0 Å². The molecule has 2 saturated heterocycles. The molecule has 0 aliphatic carbocycles. The van der Waals surface area contributed by atoms with Crippen molar-refractivity contribution < 1.29 is 13.2 Å². The maximum Gasteiger partial charge on any atom is 0.282 e. The molecule has 0 amide bonds. The van der Waals surface area contributed by atoms with E-state index in [0.29, 0.717) is 38.7 Å². The predicted molar refractivity (Wildman–Crippen MR) is 93.8 cm³/mol. The van der Waals surface area contributed by atoms with Gasteiger partial charge < -0.3 is 10.5 Å². The first-order valence-corrected chi connectivity index (χ1v) is 9.96. The quantitative estimate of drug-likeness (QED) is 0.857. The molecule has 2 aliphatic rings. The monoisotopic (exact) mass is 353 g/mol. The van der Waals surface area contributed by atoms with E-state index < -0.39 is 10.2 Å². The van der Waals surface area contributed by atoms with Crippen LogP contribution in [0.25, 0.3) is 0 Å². The summed E-state index contributed by atoms with van der Waals surface area (Å²) in [6, 6.07) is 9.80. The summed E-state index contributed by atoms with van der Waals surface area (Å²) in [5.41, 5.74) is 7.36. The fraction of sp³-hybridized carbons (Fsp3) is 0.647. The molecule has 0 spiro atoms. The van der Waals surface area contributed by atoms with E-state index in [2.05, 4.69) is 0 Å². The normalized spacial score (nSPS) is 27.6. The lowest BCUT2D eigenvalue weighted by Crippen LogP contribution is -2.47. The first-order valence-electron chi connectivity index (χ1n) is 8.57. The van der Waals surface area contributed by atoms with Gasteiger partial charge in [0.25, 0.3) is 10.2 Å². The summed E-state index contributed by atoms with van der Waals surface area (Å²) in [6.45, 7) is 2.69. The van der Waals surface area contributed by atoms with E-state index in [-0.39, 0.29) is 12.0 Å². The van der Waals surface area contributed by atoms with Crippen molar-refractivity contribution >= 4 is 10.2 Å². The second-order valence-corrected chi connectivity index (χ2v) is 8.73. The zero-order valence-corrected chi connectivity index (χ0v) is 15.0. The van der Waals surface area contributed by atoms with E-state index in [1.807, 2.05) is 30.3 Å². The Morgan fingerprint density at radius 1 is 1.12 bits per heavy atom. The van der Waals surface area contributed by atoms with Crippen LogP contribution in [0, 0.1) is 5.92 Å². The topological polar surface area (TPSA) is 75.9 Å². The second kappa shape index (κ2) is 7.49. The van der Waals surface area contributed by atoms with E-state index >= 15 is 0 Å². The SMILES string of the molecule is COCC1CCN(S(=O)(=O)N2C[C@@H](N)[C@H](c3ccccc3)C2)CC1. The van der Waals surface area contributed by atoms with Crippen molar-refractivity contribution in [3.8, 4) is 0 Å². The number of piperidine rings is 1. The maximum atomic E-state index is 12.9. The zero-order valence-electron chi connectivity index (χ0n) is 14.2. The maximum absolute atomic E-state index is 12.9. The zero-order chi connectivity index (χ0) is 17.2. The molecule has 2 heterocycles. The van der Waals surface area contributed by atoms with Crippen molar-refractivity contribution in [1.29, 1.82) is 0 Å². The molecule has 2 fully saturated rings. The molecule has 134 valence electrons. The number of rotatable bonds is 5. The summed E-state index contributed by atoms with van der Waals surface area (Å²) in [4.78, 5) is 0. The third kappa shape index (κ3) is 3.65. The minimum absolute atomic E-state index is 0.0620. The minimum Gasteiger partial charge on any atom is -0.384 e. The number of hydrogen-bond acceptors (Lipinski definition) is 4. The average Bonchev–Trinajstić information content (AvgIpc) is 2.99. The van der Waals surface area contributed by atoms with Crippen molar-refractivity contribution in [2.24, 2.45) is 11.7 Å². The van der Waals surface area contributed by atoms with Crippen molar-refractivity contribution in [2.45, 2.75) is 24.8 Å². The summed E-state index contributed by atoms with van der Waals surface area (Å²) < 4.78 is 34.2. The third-order valence-corrected chi connectivity index (χ3v) is 7.16. The van der Waals surface area contributed by atoms with Gasteiger partial charge in [0.1, 0.15) is 0 Å². The van der Waals surface area contributed by atoms with Gasteiger partial charge in [-0.25, -0.2) is 0 Å². The summed E-state index contributed by atoms with van der Waals surface area (Å²) in [6.07, 6.45) is 1.71. The molecule has 3 rings (SSSR count). The summed E-state index contributed by atoms with van der Waals surface area (Å²) >= 11 is 0. The van der Waals surface area contributed by atoms with Crippen molar-refractivity contribution in [1.82, 2.24) is 8.61 Å². The van der Waals surface area contributed by atoms with Crippen molar-refractivity contribution in [2.75, 3.05) is 39.9 Å². The number of nitrogens with zero attached hydrogens (tertiary/aromatic N) is 2. The van der Waals surface area contributed by atoms with Crippen LogP contribution in [0.3, 0.4) is 0 Å². The van der Waals surface area contributed by atoms with Crippen LogP contribution in [0.5, 0.6) is 0 Å². The van der Waals surface area contributed by atoms with Crippen molar-refractivity contribution in [3.63, 3.8) is 0 Å². The first kappa shape index (κ1) is 17.8. The van der Waals surface area contributed by atoms with Gasteiger partial charge in [-0.1, -0.05) is 30.3 Å². The molecule has 2 N–H and O–H groups in total. The standard InChI is InChI=1S/C17H27N3O3S/c1-23-13-14-7-9-19(10-8-14)24(21,22)20-11-16(17(18)12-20)15-5-3-2-4-6-15/h2-6,14,16-17H,7-13,18H2,1H3/t16-,17+/m0/s1. The molecule has 2 aliphatic heterocycles. The van der Waals surface area contributed by atoms with Crippen LogP contribution in [0.4, 0.5) is 0 Å². The molecule has 6 nitrogen and oxygen atoms in total. The summed E-state index contributed by atoms with van der Waals surface area (Å²) in [5, 5.41) is 0. The summed E-state index contributed by atoms with van der Waals surface area (Å²) in [7, 11) is -1.74. The smallest absolute Gasteiger partial charge is 0.282 e. The largest absolute Gasteiger partial charge is 0.384 e. The van der Waals surface area contributed by atoms with E-state index in [1.165, 1.54) is 0 Å². The first-order chi connectivity index (χ1) is 11.5. The molecule has 0 radical (unpaired) electrons. The Morgan fingerprint density at radius 3 is 2.42 bits per heavy atom. The van der Waals surface area contributed by atoms with E-state index in [4.69, 9.17) is 10.5 Å². The number of hydrogen-bond donors (Lipinski definition) is 1. The Balaban J connectivity index is 1.66. The van der Waals surface area contributed by atoms with Crippen LogP contribution in [0.15, 0.2) is 30.3 Å². The lowest BCUT2D eigenvalue weighted by Gasteiger charge is -2.33. The fourth-order valence-corrected chi connectivity index (χ4v) is 5.45. The van der Waals surface area contributed by atoms with Gasteiger partial charge in [-0.05, 0) is 24.3 Å². The van der Waals surface area contributed by atoms with Gasteiger partial charge in [-0.3, -0.25) is 0 Å². The Labute approximate surface area is 144 Å². The molecular formula is C17H27N3O3S. The van der Waals surface area contributed by atoms with Gasteiger partial charge in [-0.2, -0.15) is 17.0 Å². The Morgan fingerprint density at radius 2 is 1.79 bits per heavy atom. The molecule has 1 aromatic rings. The second-order valence-electron chi connectivity index (χ2n) is 6.80.